The summed E-state index contributed by atoms with van der Waals surface area (Å²) in [5.41, 5.74) is 1.19. The summed E-state index contributed by atoms with van der Waals surface area (Å²) in [7, 11) is 1.69. The molecule has 2 nitrogen and oxygen atoms in total. The summed E-state index contributed by atoms with van der Waals surface area (Å²) in [5, 5.41) is 4.34. The molecule has 0 bridgehead atoms. The summed E-state index contributed by atoms with van der Waals surface area (Å²) in [4.78, 5) is 0. The minimum Gasteiger partial charge on any atom is -0.497 e. The molecule has 0 aliphatic carbocycles. The molecular weight excluding hydrogens is 206 g/mol. The van der Waals surface area contributed by atoms with Gasteiger partial charge in [-0.2, -0.15) is 11.8 Å². The van der Waals surface area contributed by atoms with Crippen molar-refractivity contribution in [2.24, 2.45) is 0 Å². The quantitative estimate of drug-likeness (QED) is 0.851. The molecule has 2 atom stereocenters. The van der Waals surface area contributed by atoms with Crippen LogP contribution in [0.25, 0.3) is 0 Å². The van der Waals surface area contributed by atoms with Crippen LogP contribution in [0.2, 0.25) is 0 Å². The molecule has 15 heavy (non-hydrogen) atoms. The van der Waals surface area contributed by atoms with E-state index in [9.17, 15) is 0 Å². The van der Waals surface area contributed by atoms with Crippen molar-refractivity contribution in [3.8, 4) is 5.75 Å². The number of methoxy groups -OCH3 is 1. The van der Waals surface area contributed by atoms with Gasteiger partial charge in [0.25, 0.3) is 0 Å². The Labute approximate surface area is 95.4 Å². The molecule has 0 amide bonds. The van der Waals surface area contributed by atoms with Gasteiger partial charge in [-0.3, -0.25) is 0 Å². The zero-order chi connectivity index (χ0) is 10.7. The van der Waals surface area contributed by atoms with Crippen LogP contribution in [-0.2, 0) is 0 Å². The number of thioether (sulfide) groups is 1. The summed E-state index contributed by atoms with van der Waals surface area (Å²) in [6, 6.07) is 8.76. The van der Waals surface area contributed by atoms with Crippen molar-refractivity contribution in [1.29, 1.82) is 0 Å². The molecule has 1 N–H and O–H groups in total. The molecule has 1 aromatic carbocycles. The van der Waals surface area contributed by atoms with Crippen molar-refractivity contribution >= 4 is 17.4 Å². The van der Waals surface area contributed by atoms with Crippen LogP contribution in [0.5, 0.6) is 5.75 Å². The van der Waals surface area contributed by atoms with Crippen LogP contribution >= 0.6 is 11.8 Å². The van der Waals surface area contributed by atoms with Crippen molar-refractivity contribution in [3.05, 3.63) is 24.3 Å². The van der Waals surface area contributed by atoms with E-state index in [1.54, 1.807) is 7.11 Å². The lowest BCUT2D eigenvalue weighted by atomic mass is 10.2. The van der Waals surface area contributed by atoms with E-state index in [0.717, 1.165) is 11.0 Å². The van der Waals surface area contributed by atoms with E-state index in [2.05, 4.69) is 24.4 Å². The van der Waals surface area contributed by atoms with Crippen LogP contribution in [0, 0.1) is 0 Å². The second kappa shape index (κ2) is 4.79. The molecule has 1 aliphatic rings. The van der Waals surface area contributed by atoms with Crippen LogP contribution in [-0.4, -0.2) is 24.2 Å². The molecule has 0 radical (unpaired) electrons. The number of hydrogen-bond acceptors (Lipinski definition) is 3. The van der Waals surface area contributed by atoms with Crippen LogP contribution in [0.1, 0.15) is 13.3 Å². The van der Waals surface area contributed by atoms with Gasteiger partial charge >= 0.3 is 0 Å². The highest BCUT2D eigenvalue weighted by Crippen LogP contribution is 2.28. The Balaban J connectivity index is 1.93. The van der Waals surface area contributed by atoms with E-state index < -0.39 is 0 Å². The lowest BCUT2D eigenvalue weighted by Crippen LogP contribution is -2.18. The number of rotatable bonds is 3. The molecule has 1 saturated heterocycles. The molecule has 0 saturated carbocycles. The first-order chi connectivity index (χ1) is 7.28. The number of nitrogens with one attached hydrogen (secondary N) is 1. The first kappa shape index (κ1) is 10.7. The van der Waals surface area contributed by atoms with Crippen molar-refractivity contribution < 1.29 is 4.74 Å². The van der Waals surface area contributed by atoms with Gasteiger partial charge in [-0.05, 0) is 30.7 Å². The molecule has 1 fully saturated rings. The van der Waals surface area contributed by atoms with Crippen LogP contribution in [0.3, 0.4) is 0 Å². The second-order valence-corrected chi connectivity index (χ2v) is 5.42. The Bertz CT molecular complexity index is 312. The molecule has 1 aliphatic heterocycles. The molecule has 0 aromatic heterocycles. The van der Waals surface area contributed by atoms with Gasteiger partial charge in [0.15, 0.2) is 0 Å². The highest BCUT2D eigenvalue weighted by Gasteiger charge is 2.21. The van der Waals surface area contributed by atoms with Gasteiger partial charge in [-0.15, -0.1) is 0 Å². The maximum atomic E-state index is 5.12. The fourth-order valence-electron chi connectivity index (χ4n) is 1.84. The third kappa shape index (κ3) is 2.81. The normalized spacial score (nSPS) is 25.2. The van der Waals surface area contributed by atoms with E-state index in [1.165, 1.54) is 17.9 Å². The number of benzene rings is 1. The smallest absolute Gasteiger partial charge is 0.119 e. The van der Waals surface area contributed by atoms with Crippen LogP contribution in [0.15, 0.2) is 24.3 Å². The SMILES string of the molecule is COc1ccc(NC2CSC(C)C2)cc1. The van der Waals surface area contributed by atoms with E-state index >= 15 is 0 Å². The van der Waals surface area contributed by atoms with Crippen molar-refractivity contribution in [2.75, 3.05) is 18.2 Å². The van der Waals surface area contributed by atoms with Crippen molar-refractivity contribution in [2.45, 2.75) is 24.6 Å². The van der Waals surface area contributed by atoms with Crippen molar-refractivity contribution in [3.63, 3.8) is 0 Å². The first-order valence-corrected chi connectivity index (χ1v) is 6.35. The molecular formula is C12H17NOS. The zero-order valence-corrected chi connectivity index (χ0v) is 10.0. The Morgan fingerprint density at radius 1 is 1.33 bits per heavy atom. The Morgan fingerprint density at radius 2 is 2.07 bits per heavy atom. The first-order valence-electron chi connectivity index (χ1n) is 5.30. The van der Waals surface area contributed by atoms with Gasteiger partial charge in [-0.25, -0.2) is 0 Å². The number of anilines is 1. The fraction of sp³-hybridized carbons (Fsp3) is 0.500. The predicted molar refractivity (Wildman–Crippen MR) is 66.9 cm³/mol. The highest BCUT2D eigenvalue weighted by atomic mass is 32.2. The van der Waals surface area contributed by atoms with Gasteiger partial charge in [-0.1, -0.05) is 6.92 Å². The zero-order valence-electron chi connectivity index (χ0n) is 9.19. The fourth-order valence-corrected chi connectivity index (χ4v) is 2.99. The molecule has 3 heteroatoms. The predicted octanol–water partition coefficient (Wildman–Crippen LogP) is 3.00. The minimum absolute atomic E-state index is 0.624. The number of hydrogen-bond donors (Lipinski definition) is 1. The van der Waals surface area contributed by atoms with Crippen molar-refractivity contribution in [1.82, 2.24) is 0 Å². The summed E-state index contributed by atoms with van der Waals surface area (Å²) in [6.07, 6.45) is 1.26. The van der Waals surface area contributed by atoms with Crippen LogP contribution < -0.4 is 10.1 Å². The standard InChI is InChI=1S/C12H17NOS/c1-9-7-11(8-15-9)13-10-3-5-12(14-2)6-4-10/h3-6,9,11,13H,7-8H2,1-2H3. The van der Waals surface area contributed by atoms with E-state index in [1.807, 2.05) is 23.9 Å². The van der Waals surface area contributed by atoms with E-state index in [0.29, 0.717) is 6.04 Å². The summed E-state index contributed by atoms with van der Waals surface area (Å²) < 4.78 is 5.12. The molecule has 0 spiro atoms. The minimum atomic E-state index is 0.624. The maximum absolute atomic E-state index is 5.12. The lowest BCUT2D eigenvalue weighted by Gasteiger charge is -2.13. The molecule has 2 rings (SSSR count). The van der Waals surface area contributed by atoms with Crippen LogP contribution in [0.4, 0.5) is 5.69 Å². The summed E-state index contributed by atoms with van der Waals surface area (Å²) in [6.45, 7) is 2.29. The Morgan fingerprint density at radius 3 is 2.60 bits per heavy atom. The van der Waals surface area contributed by atoms with Gasteiger partial charge < -0.3 is 10.1 Å². The van der Waals surface area contributed by atoms with Gasteiger partial charge in [0.1, 0.15) is 5.75 Å². The topological polar surface area (TPSA) is 21.3 Å². The van der Waals surface area contributed by atoms with E-state index in [-0.39, 0.29) is 0 Å². The summed E-state index contributed by atoms with van der Waals surface area (Å²) >= 11 is 2.05. The summed E-state index contributed by atoms with van der Waals surface area (Å²) in [5.74, 6) is 2.13. The average molecular weight is 223 g/mol. The molecule has 1 aromatic rings. The highest BCUT2D eigenvalue weighted by molar-refractivity contribution is 8.00. The average Bonchev–Trinajstić information content (AvgIpc) is 2.65. The Kier molecular flexibility index (Phi) is 3.41. The molecule has 2 unspecified atom stereocenters. The van der Waals surface area contributed by atoms with E-state index in [4.69, 9.17) is 4.74 Å². The van der Waals surface area contributed by atoms with Gasteiger partial charge in [0, 0.05) is 22.7 Å². The third-order valence-corrected chi connectivity index (χ3v) is 4.02. The third-order valence-electron chi connectivity index (χ3n) is 2.66. The maximum Gasteiger partial charge on any atom is 0.119 e. The lowest BCUT2D eigenvalue weighted by molar-refractivity contribution is 0.415. The Hall–Kier alpha value is -0.830. The molecule has 1 heterocycles. The number of ether oxygens (including phenoxy) is 1. The van der Waals surface area contributed by atoms with Gasteiger partial charge in [0.2, 0.25) is 0 Å². The van der Waals surface area contributed by atoms with Gasteiger partial charge in [0.05, 0.1) is 7.11 Å². The second-order valence-electron chi connectivity index (χ2n) is 3.95. The monoisotopic (exact) mass is 223 g/mol. The molecule has 82 valence electrons. The largest absolute Gasteiger partial charge is 0.497 e.